The van der Waals surface area contributed by atoms with Crippen molar-refractivity contribution in [1.82, 2.24) is 5.32 Å². The van der Waals surface area contributed by atoms with Gasteiger partial charge in [0, 0.05) is 24.3 Å². The van der Waals surface area contributed by atoms with Crippen molar-refractivity contribution in [1.29, 1.82) is 0 Å². The highest BCUT2D eigenvalue weighted by atomic mass is 79.9. The molecule has 1 unspecified atom stereocenters. The second kappa shape index (κ2) is 5.99. The Morgan fingerprint density at radius 1 is 1.16 bits per heavy atom. The average molecular weight is 411 g/mol. The van der Waals surface area contributed by atoms with Crippen LogP contribution in [0.3, 0.4) is 0 Å². The molecule has 1 aromatic heterocycles. The number of rotatable bonds is 3. The van der Waals surface area contributed by atoms with Crippen LogP contribution in [0.2, 0.25) is 0 Å². The van der Waals surface area contributed by atoms with Crippen molar-refractivity contribution in [2.75, 3.05) is 7.05 Å². The van der Waals surface area contributed by atoms with Gasteiger partial charge in [0.25, 0.3) is 0 Å². The van der Waals surface area contributed by atoms with Crippen molar-refractivity contribution < 1.29 is 8.78 Å². The first-order valence-electron chi connectivity index (χ1n) is 5.51. The molecule has 1 nitrogen and oxygen atoms in total. The van der Waals surface area contributed by atoms with Gasteiger partial charge in [0.1, 0.15) is 11.6 Å². The lowest BCUT2D eigenvalue weighted by Gasteiger charge is -2.17. The van der Waals surface area contributed by atoms with Crippen molar-refractivity contribution in [3.63, 3.8) is 0 Å². The van der Waals surface area contributed by atoms with Gasteiger partial charge >= 0.3 is 0 Å². The summed E-state index contributed by atoms with van der Waals surface area (Å²) in [7, 11) is 1.69. The molecule has 0 aliphatic heterocycles. The van der Waals surface area contributed by atoms with E-state index in [-0.39, 0.29) is 5.56 Å². The number of aryl methyl sites for hydroxylation is 1. The maximum atomic E-state index is 14.1. The molecule has 0 saturated heterocycles. The Hall–Kier alpha value is -0.300. The lowest BCUT2D eigenvalue weighted by Crippen LogP contribution is -2.20. The Labute approximate surface area is 131 Å². The molecule has 6 heteroatoms. The summed E-state index contributed by atoms with van der Waals surface area (Å²) in [5.41, 5.74) is 0.0354. The molecule has 0 saturated carbocycles. The summed E-state index contributed by atoms with van der Waals surface area (Å²) < 4.78 is 29.4. The van der Waals surface area contributed by atoms with Gasteiger partial charge in [-0.1, -0.05) is 15.9 Å². The summed E-state index contributed by atoms with van der Waals surface area (Å²) in [4.78, 5) is 1.94. The minimum absolute atomic E-state index is 0.0354. The van der Waals surface area contributed by atoms with Crippen LogP contribution >= 0.6 is 43.2 Å². The maximum Gasteiger partial charge on any atom is 0.132 e. The van der Waals surface area contributed by atoms with Gasteiger partial charge in [-0.3, -0.25) is 0 Å². The maximum absolute atomic E-state index is 14.1. The predicted octanol–water partition coefficient (Wildman–Crippen LogP) is 5.17. The third-order valence-electron chi connectivity index (χ3n) is 2.72. The molecule has 102 valence electrons. The largest absolute Gasteiger partial charge is 0.308 e. The highest BCUT2D eigenvalue weighted by molar-refractivity contribution is 9.10. The molecular formula is C13H11Br2F2NS. The van der Waals surface area contributed by atoms with Crippen molar-refractivity contribution in [3.8, 4) is 0 Å². The standard InChI is InChI=1S/C13H11Br2F2NS/c1-6-3-8(15)13(19-6)12(18-2)11-9(16)4-7(14)5-10(11)17/h3-5,12,18H,1-2H3. The van der Waals surface area contributed by atoms with Gasteiger partial charge in [0.2, 0.25) is 0 Å². The molecule has 0 radical (unpaired) electrons. The molecule has 0 spiro atoms. The van der Waals surface area contributed by atoms with E-state index in [0.717, 1.165) is 14.2 Å². The van der Waals surface area contributed by atoms with Crippen LogP contribution in [0.5, 0.6) is 0 Å². The number of nitrogens with one attached hydrogen (secondary N) is 1. The molecule has 1 atom stereocenters. The fraction of sp³-hybridized carbons (Fsp3) is 0.231. The number of hydrogen-bond donors (Lipinski definition) is 1. The minimum atomic E-state index is -0.566. The molecule has 0 bridgehead atoms. The minimum Gasteiger partial charge on any atom is -0.308 e. The van der Waals surface area contributed by atoms with Gasteiger partial charge in [-0.25, -0.2) is 8.78 Å². The van der Waals surface area contributed by atoms with E-state index >= 15 is 0 Å². The first-order chi connectivity index (χ1) is 8.93. The van der Waals surface area contributed by atoms with Crippen molar-refractivity contribution in [2.45, 2.75) is 13.0 Å². The normalized spacial score (nSPS) is 12.7. The Bertz CT molecular complexity index is 590. The van der Waals surface area contributed by atoms with E-state index in [1.54, 1.807) is 7.05 Å². The molecule has 0 aliphatic carbocycles. The van der Waals surface area contributed by atoms with E-state index in [9.17, 15) is 8.78 Å². The van der Waals surface area contributed by atoms with E-state index < -0.39 is 17.7 Å². The highest BCUT2D eigenvalue weighted by Crippen LogP contribution is 2.37. The predicted molar refractivity (Wildman–Crippen MR) is 81.7 cm³/mol. The van der Waals surface area contributed by atoms with Crippen LogP contribution in [-0.4, -0.2) is 7.05 Å². The van der Waals surface area contributed by atoms with E-state index in [2.05, 4.69) is 37.2 Å². The molecule has 1 heterocycles. The molecule has 2 aromatic rings. The fourth-order valence-corrected chi connectivity index (χ4v) is 4.34. The first-order valence-corrected chi connectivity index (χ1v) is 7.91. The Morgan fingerprint density at radius 3 is 2.16 bits per heavy atom. The monoisotopic (exact) mass is 409 g/mol. The van der Waals surface area contributed by atoms with Gasteiger partial charge in [-0.2, -0.15) is 0 Å². The van der Waals surface area contributed by atoms with E-state index in [1.807, 2.05) is 13.0 Å². The SMILES string of the molecule is CNC(c1sc(C)cc1Br)c1c(F)cc(Br)cc1F. The summed E-state index contributed by atoms with van der Waals surface area (Å²) in [5, 5.41) is 2.98. The van der Waals surface area contributed by atoms with Gasteiger partial charge in [0.05, 0.1) is 6.04 Å². The smallest absolute Gasteiger partial charge is 0.132 e. The topological polar surface area (TPSA) is 12.0 Å². The Kier molecular flexibility index (Phi) is 4.76. The number of thiophene rings is 1. The van der Waals surface area contributed by atoms with Gasteiger partial charge in [-0.05, 0) is 48.1 Å². The third kappa shape index (κ3) is 3.07. The fourth-order valence-electron chi connectivity index (χ4n) is 1.93. The van der Waals surface area contributed by atoms with Gasteiger partial charge in [-0.15, -0.1) is 11.3 Å². The molecule has 0 fully saturated rings. The summed E-state index contributed by atoms with van der Waals surface area (Å²) in [6, 6.07) is 3.98. The number of benzene rings is 1. The first kappa shape index (κ1) is 15.1. The molecule has 2 rings (SSSR count). The van der Waals surface area contributed by atoms with Crippen molar-refractivity contribution >= 4 is 43.2 Å². The zero-order valence-electron chi connectivity index (χ0n) is 10.2. The van der Waals surface area contributed by atoms with Crippen LogP contribution < -0.4 is 5.32 Å². The average Bonchev–Trinajstić information content (AvgIpc) is 2.62. The van der Waals surface area contributed by atoms with Crippen LogP contribution in [0.25, 0.3) is 0 Å². The quantitative estimate of drug-likeness (QED) is 0.735. The van der Waals surface area contributed by atoms with Gasteiger partial charge < -0.3 is 5.32 Å². The van der Waals surface area contributed by atoms with E-state index in [0.29, 0.717) is 4.47 Å². The zero-order chi connectivity index (χ0) is 14.2. The van der Waals surface area contributed by atoms with Crippen LogP contribution in [0.4, 0.5) is 8.78 Å². The summed E-state index contributed by atoms with van der Waals surface area (Å²) in [6.07, 6.45) is 0. The van der Waals surface area contributed by atoms with Crippen LogP contribution in [-0.2, 0) is 0 Å². The lowest BCUT2D eigenvalue weighted by atomic mass is 10.0. The highest BCUT2D eigenvalue weighted by Gasteiger charge is 2.24. The molecule has 19 heavy (non-hydrogen) atoms. The second-order valence-corrected chi connectivity index (χ2v) is 7.13. The number of hydrogen-bond acceptors (Lipinski definition) is 2. The molecule has 1 aromatic carbocycles. The molecular weight excluding hydrogens is 400 g/mol. The van der Waals surface area contributed by atoms with Crippen LogP contribution in [0.1, 0.15) is 21.4 Å². The van der Waals surface area contributed by atoms with Crippen LogP contribution in [0.15, 0.2) is 27.1 Å². The molecule has 0 aliphatic rings. The second-order valence-electron chi connectivity index (χ2n) is 4.07. The van der Waals surface area contributed by atoms with Gasteiger partial charge in [0.15, 0.2) is 0 Å². The third-order valence-corrected chi connectivity index (χ3v) is 5.21. The lowest BCUT2D eigenvalue weighted by molar-refractivity contribution is 0.523. The summed E-state index contributed by atoms with van der Waals surface area (Å²) >= 11 is 8.03. The van der Waals surface area contributed by atoms with Crippen molar-refractivity contribution in [3.05, 3.63) is 54.1 Å². The molecule has 1 N–H and O–H groups in total. The number of halogens is 4. The van der Waals surface area contributed by atoms with Crippen LogP contribution in [0, 0.1) is 18.6 Å². The summed E-state index contributed by atoms with van der Waals surface area (Å²) in [6.45, 7) is 1.96. The Balaban J connectivity index is 2.57. The zero-order valence-corrected chi connectivity index (χ0v) is 14.2. The Morgan fingerprint density at radius 2 is 1.74 bits per heavy atom. The molecule has 0 amide bonds. The van der Waals surface area contributed by atoms with E-state index in [1.165, 1.54) is 23.5 Å². The van der Waals surface area contributed by atoms with E-state index in [4.69, 9.17) is 0 Å². The van der Waals surface area contributed by atoms with Crippen molar-refractivity contribution in [2.24, 2.45) is 0 Å². The summed E-state index contributed by atoms with van der Waals surface area (Å²) in [5.74, 6) is -1.13.